The number of aromatic nitrogens is 3. The molecule has 1 aromatic carbocycles. The van der Waals surface area contributed by atoms with Gasteiger partial charge < -0.3 is 9.47 Å². The van der Waals surface area contributed by atoms with E-state index in [9.17, 15) is 0 Å². The summed E-state index contributed by atoms with van der Waals surface area (Å²) in [4.78, 5) is 1.39. The Morgan fingerprint density at radius 3 is 2.71 bits per heavy atom. The van der Waals surface area contributed by atoms with Crippen molar-refractivity contribution in [2.24, 2.45) is 7.05 Å². The number of aryl methyl sites for hydroxylation is 1. The average molecular weight is 303 g/mol. The summed E-state index contributed by atoms with van der Waals surface area (Å²) in [6, 6.07) is 8.56. The average Bonchev–Trinajstić information content (AvgIpc) is 3.25. The van der Waals surface area contributed by atoms with Gasteiger partial charge in [-0.05, 0) is 37.5 Å². The highest BCUT2D eigenvalue weighted by molar-refractivity contribution is 7.71. The summed E-state index contributed by atoms with van der Waals surface area (Å²) in [5, 5.41) is 4.73. The molecule has 112 valence electrons. The van der Waals surface area contributed by atoms with Crippen LogP contribution in [0.15, 0.2) is 24.3 Å². The van der Waals surface area contributed by atoms with Crippen LogP contribution < -0.4 is 4.90 Å². The van der Waals surface area contributed by atoms with Crippen LogP contribution >= 0.6 is 12.2 Å². The minimum absolute atomic E-state index is 0.634. The topological polar surface area (TPSA) is 27.2 Å². The molecular formula is C16H23N4S+. The lowest BCUT2D eigenvalue weighted by molar-refractivity contribution is -0.917. The molecule has 1 atom stereocenters. The summed E-state index contributed by atoms with van der Waals surface area (Å²) in [6.45, 7) is 3.97. The van der Waals surface area contributed by atoms with E-state index in [-0.39, 0.29) is 0 Å². The molecular weight excluding hydrogens is 280 g/mol. The second-order valence-corrected chi connectivity index (χ2v) is 6.56. The summed E-state index contributed by atoms with van der Waals surface area (Å²) in [6.07, 6.45) is 2.51. The molecule has 1 aromatic heterocycles. The maximum atomic E-state index is 5.52. The monoisotopic (exact) mass is 303 g/mol. The van der Waals surface area contributed by atoms with E-state index in [4.69, 9.17) is 17.3 Å². The van der Waals surface area contributed by atoms with Gasteiger partial charge in [-0.1, -0.05) is 24.3 Å². The Balaban J connectivity index is 1.73. The van der Waals surface area contributed by atoms with E-state index >= 15 is 0 Å². The first-order valence-corrected chi connectivity index (χ1v) is 7.96. The predicted molar refractivity (Wildman–Crippen MR) is 85.8 cm³/mol. The van der Waals surface area contributed by atoms with E-state index in [1.807, 2.05) is 11.7 Å². The Morgan fingerprint density at radius 1 is 1.33 bits per heavy atom. The summed E-state index contributed by atoms with van der Waals surface area (Å²) in [5.41, 5.74) is 2.74. The van der Waals surface area contributed by atoms with E-state index in [1.54, 1.807) is 0 Å². The summed E-state index contributed by atoms with van der Waals surface area (Å²) < 4.78 is 4.89. The number of nitrogens with one attached hydrogen (secondary N) is 1. The molecule has 1 unspecified atom stereocenters. The van der Waals surface area contributed by atoms with Gasteiger partial charge in [-0.25, -0.2) is 0 Å². The standard InChI is InChI=1S/C16H22N4S/c1-12-6-4-5-7-14(12)10-18(2)11-20-16(21)19(3)15(17-20)13-8-9-13/h4-7,13H,8-11H2,1-3H3/p+1. The third kappa shape index (κ3) is 3.09. The van der Waals surface area contributed by atoms with E-state index in [0.717, 1.165) is 23.8 Å². The van der Waals surface area contributed by atoms with E-state index < -0.39 is 0 Å². The number of benzene rings is 1. The van der Waals surface area contributed by atoms with Crippen LogP contribution in [0.25, 0.3) is 0 Å². The maximum Gasteiger partial charge on any atom is 0.202 e. The molecule has 1 fully saturated rings. The largest absolute Gasteiger partial charge is 0.315 e. The first-order valence-electron chi connectivity index (χ1n) is 7.56. The van der Waals surface area contributed by atoms with Gasteiger partial charge in [0.25, 0.3) is 0 Å². The minimum Gasteiger partial charge on any atom is -0.315 e. The second kappa shape index (κ2) is 5.73. The van der Waals surface area contributed by atoms with Gasteiger partial charge in [0.2, 0.25) is 4.77 Å². The molecule has 1 saturated carbocycles. The zero-order valence-electron chi connectivity index (χ0n) is 13.0. The van der Waals surface area contributed by atoms with Crippen LogP contribution in [0, 0.1) is 11.7 Å². The fourth-order valence-electron chi connectivity index (χ4n) is 2.75. The molecule has 5 heteroatoms. The zero-order chi connectivity index (χ0) is 15.0. The SMILES string of the molecule is Cc1ccccc1C[NH+](C)Cn1nc(C2CC2)n(C)c1=S. The Morgan fingerprint density at radius 2 is 2.05 bits per heavy atom. The van der Waals surface area contributed by atoms with Gasteiger partial charge in [-0.3, -0.25) is 0 Å². The van der Waals surface area contributed by atoms with Crippen molar-refractivity contribution in [2.45, 2.75) is 38.9 Å². The highest BCUT2D eigenvalue weighted by atomic mass is 32.1. The number of rotatable bonds is 5. The third-order valence-electron chi connectivity index (χ3n) is 4.19. The molecule has 4 nitrogen and oxygen atoms in total. The Labute approximate surface area is 131 Å². The quantitative estimate of drug-likeness (QED) is 0.853. The van der Waals surface area contributed by atoms with Crippen molar-refractivity contribution >= 4 is 12.2 Å². The van der Waals surface area contributed by atoms with Crippen LogP contribution in [0.1, 0.15) is 35.7 Å². The van der Waals surface area contributed by atoms with E-state index in [2.05, 4.69) is 42.8 Å². The molecule has 1 N–H and O–H groups in total. The highest BCUT2D eigenvalue weighted by Crippen LogP contribution is 2.38. The van der Waals surface area contributed by atoms with Gasteiger partial charge in [0.1, 0.15) is 12.4 Å². The summed E-state index contributed by atoms with van der Waals surface area (Å²) >= 11 is 5.52. The molecule has 3 rings (SSSR count). The molecule has 2 aromatic rings. The Hall–Kier alpha value is -1.46. The van der Waals surface area contributed by atoms with Crippen LogP contribution in [0.5, 0.6) is 0 Å². The summed E-state index contributed by atoms with van der Waals surface area (Å²) in [5.74, 6) is 1.79. The van der Waals surface area contributed by atoms with Crippen LogP contribution in [0.2, 0.25) is 0 Å². The van der Waals surface area contributed by atoms with Crippen LogP contribution in [0.3, 0.4) is 0 Å². The molecule has 0 bridgehead atoms. The van der Waals surface area contributed by atoms with E-state index in [0.29, 0.717) is 5.92 Å². The van der Waals surface area contributed by atoms with Gasteiger partial charge >= 0.3 is 0 Å². The molecule has 0 amide bonds. The van der Waals surface area contributed by atoms with Gasteiger partial charge in [-0.2, -0.15) is 9.78 Å². The van der Waals surface area contributed by atoms with Crippen molar-refractivity contribution in [1.82, 2.24) is 14.3 Å². The van der Waals surface area contributed by atoms with Crippen LogP contribution in [-0.4, -0.2) is 21.4 Å². The fraction of sp³-hybridized carbons (Fsp3) is 0.500. The first kappa shape index (κ1) is 14.5. The lowest BCUT2D eigenvalue weighted by Gasteiger charge is -2.15. The van der Waals surface area contributed by atoms with Crippen molar-refractivity contribution in [3.63, 3.8) is 0 Å². The Bertz CT molecular complexity index is 697. The second-order valence-electron chi connectivity index (χ2n) is 6.19. The third-order valence-corrected chi connectivity index (χ3v) is 4.67. The molecule has 0 saturated heterocycles. The fourth-order valence-corrected chi connectivity index (χ4v) is 2.95. The lowest BCUT2D eigenvalue weighted by Crippen LogP contribution is -3.07. The predicted octanol–water partition coefficient (Wildman–Crippen LogP) is 1.81. The first-order chi connectivity index (χ1) is 10.1. The molecule has 1 heterocycles. The molecule has 21 heavy (non-hydrogen) atoms. The number of nitrogens with zero attached hydrogens (tertiary/aromatic N) is 3. The number of hydrogen-bond donors (Lipinski definition) is 1. The normalized spacial score (nSPS) is 16.1. The van der Waals surface area contributed by atoms with Crippen molar-refractivity contribution in [3.8, 4) is 0 Å². The van der Waals surface area contributed by atoms with Gasteiger partial charge in [0.15, 0.2) is 6.67 Å². The van der Waals surface area contributed by atoms with Crippen molar-refractivity contribution in [2.75, 3.05) is 7.05 Å². The lowest BCUT2D eigenvalue weighted by atomic mass is 10.1. The molecule has 1 aliphatic rings. The van der Waals surface area contributed by atoms with Gasteiger partial charge in [-0.15, -0.1) is 0 Å². The summed E-state index contributed by atoms with van der Waals surface area (Å²) in [7, 11) is 4.23. The minimum atomic E-state index is 0.634. The van der Waals surface area contributed by atoms with Crippen molar-refractivity contribution < 1.29 is 4.90 Å². The van der Waals surface area contributed by atoms with Crippen LogP contribution in [-0.2, 0) is 20.3 Å². The maximum absolute atomic E-state index is 5.52. The molecule has 0 spiro atoms. The smallest absolute Gasteiger partial charge is 0.202 e. The van der Waals surface area contributed by atoms with Gasteiger partial charge in [0, 0.05) is 18.5 Å². The molecule has 1 aliphatic carbocycles. The van der Waals surface area contributed by atoms with Gasteiger partial charge in [0.05, 0.1) is 7.05 Å². The molecule has 0 aliphatic heterocycles. The highest BCUT2D eigenvalue weighted by Gasteiger charge is 2.29. The van der Waals surface area contributed by atoms with Crippen molar-refractivity contribution in [1.29, 1.82) is 0 Å². The van der Waals surface area contributed by atoms with Crippen LogP contribution in [0.4, 0.5) is 0 Å². The number of quaternary nitrogens is 1. The van der Waals surface area contributed by atoms with E-state index in [1.165, 1.54) is 28.9 Å². The molecule has 0 radical (unpaired) electrons. The van der Waals surface area contributed by atoms with Crippen molar-refractivity contribution in [3.05, 3.63) is 46.0 Å². The Kier molecular flexibility index (Phi) is 3.95. The number of hydrogen-bond acceptors (Lipinski definition) is 2. The zero-order valence-corrected chi connectivity index (χ0v) is 13.8.